The van der Waals surface area contributed by atoms with Gasteiger partial charge in [0.15, 0.2) is 0 Å². The SMILES string of the molecule is CCC(CC)C(=O)NCCN(c1c(C)cc(C)cc1C)S(C)(=O)=O. The number of sulfonamides is 1. The molecule has 0 aromatic heterocycles. The van der Waals surface area contributed by atoms with Crippen LogP contribution in [0.1, 0.15) is 43.4 Å². The predicted molar refractivity (Wildman–Crippen MR) is 99.9 cm³/mol. The smallest absolute Gasteiger partial charge is 0.232 e. The fraction of sp³-hybridized carbons (Fsp3) is 0.611. The van der Waals surface area contributed by atoms with Crippen LogP contribution in [0, 0.1) is 26.7 Å². The van der Waals surface area contributed by atoms with Crippen LogP contribution < -0.4 is 9.62 Å². The van der Waals surface area contributed by atoms with Gasteiger partial charge in [-0.15, -0.1) is 0 Å². The zero-order valence-electron chi connectivity index (χ0n) is 15.6. The molecule has 0 bridgehead atoms. The minimum atomic E-state index is -3.42. The van der Waals surface area contributed by atoms with E-state index in [1.165, 1.54) is 10.6 Å². The molecule has 5 nitrogen and oxygen atoms in total. The third-order valence-corrected chi connectivity index (χ3v) is 5.42. The average molecular weight is 355 g/mol. The molecule has 0 unspecified atom stereocenters. The lowest BCUT2D eigenvalue weighted by molar-refractivity contribution is -0.125. The lowest BCUT2D eigenvalue weighted by Crippen LogP contribution is -2.40. The molecule has 1 aromatic rings. The van der Waals surface area contributed by atoms with Crippen LogP contribution in [0.3, 0.4) is 0 Å². The first-order valence-electron chi connectivity index (χ1n) is 8.45. The summed E-state index contributed by atoms with van der Waals surface area (Å²) in [6.07, 6.45) is 2.77. The maximum atomic E-state index is 12.3. The summed E-state index contributed by atoms with van der Waals surface area (Å²) in [5, 5.41) is 2.86. The van der Waals surface area contributed by atoms with Crippen molar-refractivity contribution < 1.29 is 13.2 Å². The molecule has 0 aliphatic rings. The second kappa shape index (κ2) is 8.51. The Morgan fingerprint density at radius 3 is 2.04 bits per heavy atom. The van der Waals surface area contributed by atoms with E-state index in [2.05, 4.69) is 5.32 Å². The van der Waals surface area contributed by atoms with E-state index in [0.29, 0.717) is 12.2 Å². The molecule has 0 atom stereocenters. The zero-order valence-corrected chi connectivity index (χ0v) is 16.5. The molecule has 0 heterocycles. The van der Waals surface area contributed by atoms with Gasteiger partial charge in [-0.25, -0.2) is 8.42 Å². The monoisotopic (exact) mass is 354 g/mol. The first-order chi connectivity index (χ1) is 11.1. The topological polar surface area (TPSA) is 66.5 Å². The Labute approximate surface area is 146 Å². The van der Waals surface area contributed by atoms with E-state index in [0.717, 1.165) is 29.5 Å². The molecule has 0 aliphatic carbocycles. The lowest BCUT2D eigenvalue weighted by atomic mass is 10.0. The van der Waals surface area contributed by atoms with E-state index in [4.69, 9.17) is 0 Å². The molecule has 1 amide bonds. The van der Waals surface area contributed by atoms with Crippen LogP contribution in [0.5, 0.6) is 0 Å². The van der Waals surface area contributed by atoms with E-state index in [9.17, 15) is 13.2 Å². The Bertz CT molecular complexity index is 656. The summed E-state index contributed by atoms with van der Waals surface area (Å²) in [6, 6.07) is 3.95. The Morgan fingerprint density at radius 1 is 1.12 bits per heavy atom. The highest BCUT2D eigenvalue weighted by Gasteiger charge is 2.22. The Kier molecular flexibility index (Phi) is 7.27. The number of benzene rings is 1. The molecular formula is C18H30N2O3S. The van der Waals surface area contributed by atoms with E-state index in [1.54, 1.807) is 0 Å². The molecule has 0 radical (unpaired) electrons. The van der Waals surface area contributed by atoms with Crippen LogP contribution in [0.4, 0.5) is 5.69 Å². The highest BCUT2D eigenvalue weighted by Crippen LogP contribution is 2.27. The van der Waals surface area contributed by atoms with Gasteiger partial charge in [0, 0.05) is 12.5 Å². The molecule has 0 fully saturated rings. The van der Waals surface area contributed by atoms with Crippen LogP contribution >= 0.6 is 0 Å². The molecular weight excluding hydrogens is 324 g/mol. The number of aryl methyl sites for hydroxylation is 3. The lowest BCUT2D eigenvalue weighted by Gasteiger charge is -2.27. The Hall–Kier alpha value is -1.56. The van der Waals surface area contributed by atoms with Gasteiger partial charge in [-0.1, -0.05) is 31.5 Å². The van der Waals surface area contributed by atoms with Gasteiger partial charge in [-0.2, -0.15) is 0 Å². The molecule has 0 aliphatic heterocycles. The molecule has 0 saturated carbocycles. The van der Waals surface area contributed by atoms with E-state index in [1.807, 2.05) is 46.8 Å². The first-order valence-corrected chi connectivity index (χ1v) is 10.3. The van der Waals surface area contributed by atoms with Crippen molar-refractivity contribution in [1.82, 2.24) is 5.32 Å². The first kappa shape index (κ1) is 20.5. The predicted octanol–water partition coefficient (Wildman–Crippen LogP) is 2.93. The summed E-state index contributed by atoms with van der Waals surface area (Å²) in [7, 11) is -3.42. The second-order valence-electron chi connectivity index (χ2n) is 6.39. The fourth-order valence-electron chi connectivity index (χ4n) is 3.09. The molecule has 1 N–H and O–H groups in total. The van der Waals surface area contributed by atoms with Crippen molar-refractivity contribution in [1.29, 1.82) is 0 Å². The highest BCUT2D eigenvalue weighted by atomic mass is 32.2. The third kappa shape index (κ3) is 5.23. The van der Waals surface area contributed by atoms with Crippen molar-refractivity contribution >= 4 is 21.6 Å². The van der Waals surface area contributed by atoms with Crippen LogP contribution in [0.25, 0.3) is 0 Å². The van der Waals surface area contributed by atoms with E-state index >= 15 is 0 Å². The zero-order chi connectivity index (χ0) is 18.5. The number of hydrogen-bond acceptors (Lipinski definition) is 3. The van der Waals surface area contributed by atoms with Gasteiger partial charge in [0.2, 0.25) is 15.9 Å². The summed E-state index contributed by atoms with van der Waals surface area (Å²) in [5.74, 6) is -0.0228. The number of nitrogens with zero attached hydrogens (tertiary/aromatic N) is 1. The second-order valence-corrected chi connectivity index (χ2v) is 8.29. The summed E-state index contributed by atoms with van der Waals surface area (Å²) in [4.78, 5) is 12.1. The minimum absolute atomic E-state index is 0.00852. The number of amides is 1. The molecule has 136 valence electrons. The Morgan fingerprint density at radius 2 is 1.62 bits per heavy atom. The van der Waals surface area contributed by atoms with Gasteiger partial charge >= 0.3 is 0 Å². The fourth-order valence-corrected chi connectivity index (χ4v) is 4.14. The number of carbonyl (C=O) groups is 1. The number of rotatable bonds is 8. The van der Waals surface area contributed by atoms with Crippen molar-refractivity contribution in [3.63, 3.8) is 0 Å². The van der Waals surface area contributed by atoms with E-state index in [-0.39, 0.29) is 18.4 Å². The maximum absolute atomic E-state index is 12.3. The van der Waals surface area contributed by atoms with Gasteiger partial charge in [0.05, 0.1) is 18.5 Å². The van der Waals surface area contributed by atoms with Gasteiger partial charge in [-0.05, 0) is 44.7 Å². The molecule has 0 saturated heterocycles. The van der Waals surface area contributed by atoms with Crippen molar-refractivity contribution in [2.45, 2.75) is 47.5 Å². The summed E-state index contributed by atoms with van der Waals surface area (Å²) >= 11 is 0. The van der Waals surface area contributed by atoms with Crippen LogP contribution in [0.2, 0.25) is 0 Å². The van der Waals surface area contributed by atoms with Gasteiger partial charge in [0.1, 0.15) is 0 Å². The van der Waals surface area contributed by atoms with E-state index < -0.39 is 10.0 Å². The third-order valence-electron chi connectivity index (χ3n) is 4.26. The number of hydrogen-bond donors (Lipinski definition) is 1. The molecule has 1 rings (SSSR count). The van der Waals surface area contributed by atoms with Crippen molar-refractivity contribution in [3.8, 4) is 0 Å². The molecule has 24 heavy (non-hydrogen) atoms. The van der Waals surface area contributed by atoms with Crippen LogP contribution in [-0.2, 0) is 14.8 Å². The van der Waals surface area contributed by atoms with Gasteiger partial charge in [0.25, 0.3) is 0 Å². The van der Waals surface area contributed by atoms with Crippen molar-refractivity contribution in [2.75, 3.05) is 23.7 Å². The molecule has 6 heteroatoms. The summed E-state index contributed by atoms with van der Waals surface area (Å²) in [5.41, 5.74) is 3.65. The summed E-state index contributed by atoms with van der Waals surface area (Å²) < 4.78 is 25.9. The highest BCUT2D eigenvalue weighted by molar-refractivity contribution is 7.92. The maximum Gasteiger partial charge on any atom is 0.232 e. The largest absolute Gasteiger partial charge is 0.354 e. The standard InChI is InChI=1S/C18H30N2O3S/c1-7-16(8-2)18(21)19-9-10-20(24(6,22)23)17-14(4)11-13(3)12-15(17)5/h11-12,16H,7-10H2,1-6H3,(H,19,21). The number of nitrogens with one attached hydrogen (secondary N) is 1. The summed E-state index contributed by atoms with van der Waals surface area (Å²) in [6.45, 7) is 10.3. The van der Waals surface area contributed by atoms with Crippen LogP contribution in [0.15, 0.2) is 12.1 Å². The van der Waals surface area contributed by atoms with Crippen molar-refractivity contribution in [3.05, 3.63) is 28.8 Å². The van der Waals surface area contributed by atoms with Gasteiger partial charge in [-0.3, -0.25) is 9.10 Å². The van der Waals surface area contributed by atoms with Gasteiger partial charge < -0.3 is 5.32 Å². The molecule has 1 aromatic carbocycles. The molecule has 0 spiro atoms. The van der Waals surface area contributed by atoms with Crippen molar-refractivity contribution in [2.24, 2.45) is 5.92 Å². The quantitative estimate of drug-likeness (QED) is 0.780. The average Bonchev–Trinajstić information content (AvgIpc) is 2.44. The minimum Gasteiger partial charge on any atom is -0.354 e. The Balaban J connectivity index is 2.96. The normalized spacial score (nSPS) is 11.6. The van der Waals surface area contributed by atoms with Crippen LogP contribution in [-0.4, -0.2) is 33.7 Å². The number of carbonyl (C=O) groups excluding carboxylic acids is 1. The number of anilines is 1.